The van der Waals surface area contributed by atoms with E-state index in [0.29, 0.717) is 5.69 Å². The Balaban J connectivity index is 2.73. The molecular formula is C10H10N2S. The van der Waals surface area contributed by atoms with Gasteiger partial charge in [0.15, 0.2) is 0 Å². The quantitative estimate of drug-likeness (QED) is 0.742. The molecule has 0 aliphatic carbocycles. The first-order valence-corrected chi connectivity index (χ1v) is 4.63. The smallest absolute Gasteiger partial charge is 0.141 e. The Labute approximate surface area is 83.3 Å². The molecule has 0 N–H and O–H groups in total. The van der Waals surface area contributed by atoms with Crippen LogP contribution in [0.5, 0.6) is 0 Å². The van der Waals surface area contributed by atoms with Gasteiger partial charge in [-0.15, -0.1) is 0 Å². The number of hydrogen-bond acceptors (Lipinski definition) is 3. The van der Waals surface area contributed by atoms with Crippen molar-refractivity contribution in [3.63, 3.8) is 0 Å². The highest BCUT2D eigenvalue weighted by Crippen LogP contribution is 2.03. The molecule has 1 heterocycles. The molecule has 1 rings (SSSR count). The van der Waals surface area contributed by atoms with Crippen LogP contribution in [-0.4, -0.2) is 10.7 Å². The van der Waals surface area contributed by atoms with Crippen molar-refractivity contribution in [3.05, 3.63) is 35.7 Å². The van der Waals surface area contributed by atoms with E-state index in [-0.39, 0.29) is 0 Å². The van der Waals surface area contributed by atoms with Crippen molar-refractivity contribution < 1.29 is 0 Å². The van der Waals surface area contributed by atoms with E-state index < -0.39 is 0 Å². The summed E-state index contributed by atoms with van der Waals surface area (Å²) >= 11 is 4.09. The zero-order chi connectivity index (χ0) is 9.52. The van der Waals surface area contributed by atoms with Crippen molar-refractivity contribution in [2.24, 2.45) is 0 Å². The van der Waals surface area contributed by atoms with Gasteiger partial charge < -0.3 is 0 Å². The zero-order valence-corrected chi connectivity index (χ0v) is 8.04. The summed E-state index contributed by atoms with van der Waals surface area (Å²) in [6.45, 7) is 0. The molecule has 0 bridgehead atoms. The van der Waals surface area contributed by atoms with E-state index in [1.165, 1.54) is 0 Å². The highest BCUT2D eigenvalue weighted by atomic mass is 32.1. The first-order valence-electron chi connectivity index (χ1n) is 4.00. The Morgan fingerprint density at radius 1 is 1.62 bits per heavy atom. The van der Waals surface area contributed by atoms with E-state index in [4.69, 9.17) is 5.26 Å². The van der Waals surface area contributed by atoms with Crippen molar-refractivity contribution in [3.8, 4) is 6.07 Å². The maximum Gasteiger partial charge on any atom is 0.141 e. The number of nitriles is 1. The number of nitrogens with zero attached hydrogens (tertiary/aromatic N) is 2. The van der Waals surface area contributed by atoms with E-state index in [0.717, 1.165) is 17.7 Å². The van der Waals surface area contributed by atoms with Gasteiger partial charge in [-0.1, -0.05) is 12.2 Å². The Hall–Kier alpha value is -1.27. The summed E-state index contributed by atoms with van der Waals surface area (Å²) in [4.78, 5) is 3.88. The maximum atomic E-state index is 8.58. The molecule has 0 aliphatic heterocycles. The largest absolute Gasteiger partial charge is 0.246 e. The fourth-order valence-electron chi connectivity index (χ4n) is 0.906. The number of hydrogen-bond donors (Lipinski definition) is 1. The number of pyridine rings is 1. The highest BCUT2D eigenvalue weighted by molar-refractivity contribution is 7.80. The van der Waals surface area contributed by atoms with Crippen LogP contribution in [0, 0.1) is 11.3 Å². The Morgan fingerprint density at radius 3 is 3.15 bits per heavy atom. The summed E-state index contributed by atoms with van der Waals surface area (Å²) in [7, 11) is 0. The molecule has 0 aliphatic rings. The van der Waals surface area contributed by atoms with Crippen molar-refractivity contribution in [1.29, 1.82) is 5.26 Å². The Kier molecular flexibility index (Phi) is 4.07. The average molecular weight is 190 g/mol. The van der Waals surface area contributed by atoms with Crippen molar-refractivity contribution in [1.82, 2.24) is 4.98 Å². The first kappa shape index (κ1) is 9.82. The summed E-state index contributed by atoms with van der Waals surface area (Å²) in [5.41, 5.74) is 1.46. The predicted molar refractivity (Wildman–Crippen MR) is 56.5 cm³/mol. The van der Waals surface area contributed by atoms with Crippen LogP contribution < -0.4 is 0 Å². The summed E-state index contributed by atoms with van der Waals surface area (Å²) < 4.78 is 0. The third kappa shape index (κ3) is 3.30. The minimum absolute atomic E-state index is 0.452. The van der Waals surface area contributed by atoms with E-state index in [1.54, 1.807) is 12.3 Å². The SMILES string of the molecule is N#Cc1cc(C=CCCS)ccn1. The van der Waals surface area contributed by atoms with Gasteiger partial charge in [-0.3, -0.25) is 0 Å². The molecule has 0 spiro atoms. The number of aromatic nitrogens is 1. The predicted octanol–water partition coefficient (Wildman–Crippen LogP) is 2.29. The van der Waals surface area contributed by atoms with Gasteiger partial charge in [0.25, 0.3) is 0 Å². The van der Waals surface area contributed by atoms with Gasteiger partial charge in [0.2, 0.25) is 0 Å². The topological polar surface area (TPSA) is 36.7 Å². The molecular weight excluding hydrogens is 180 g/mol. The van der Waals surface area contributed by atoms with Crippen LogP contribution in [0.3, 0.4) is 0 Å². The minimum Gasteiger partial charge on any atom is -0.246 e. The van der Waals surface area contributed by atoms with Gasteiger partial charge in [0.1, 0.15) is 11.8 Å². The molecule has 0 saturated heterocycles. The van der Waals surface area contributed by atoms with E-state index in [1.807, 2.05) is 24.3 Å². The number of rotatable bonds is 3. The number of allylic oxidation sites excluding steroid dienone is 1. The van der Waals surface area contributed by atoms with Gasteiger partial charge in [0, 0.05) is 6.20 Å². The van der Waals surface area contributed by atoms with E-state index in [9.17, 15) is 0 Å². The molecule has 0 fully saturated rings. The van der Waals surface area contributed by atoms with Crippen LogP contribution >= 0.6 is 12.6 Å². The molecule has 0 amide bonds. The van der Waals surface area contributed by atoms with Crippen LogP contribution in [0.1, 0.15) is 17.7 Å². The maximum absolute atomic E-state index is 8.58. The molecule has 1 aromatic heterocycles. The monoisotopic (exact) mass is 190 g/mol. The zero-order valence-electron chi connectivity index (χ0n) is 7.14. The molecule has 13 heavy (non-hydrogen) atoms. The molecule has 0 saturated carbocycles. The third-order valence-corrected chi connectivity index (χ3v) is 1.76. The van der Waals surface area contributed by atoms with Crippen LogP contribution in [0.15, 0.2) is 24.4 Å². The second-order valence-corrected chi connectivity index (χ2v) is 2.95. The van der Waals surface area contributed by atoms with Crippen LogP contribution in [-0.2, 0) is 0 Å². The summed E-state index contributed by atoms with van der Waals surface area (Å²) in [6.07, 6.45) is 6.58. The fourth-order valence-corrected chi connectivity index (χ4v) is 1.05. The van der Waals surface area contributed by atoms with Crippen LogP contribution in [0.4, 0.5) is 0 Å². The molecule has 1 aromatic rings. The van der Waals surface area contributed by atoms with E-state index in [2.05, 4.69) is 17.6 Å². The molecule has 2 nitrogen and oxygen atoms in total. The molecule has 0 unspecified atom stereocenters. The van der Waals surface area contributed by atoms with Gasteiger partial charge in [-0.05, 0) is 29.9 Å². The van der Waals surface area contributed by atoms with E-state index >= 15 is 0 Å². The van der Waals surface area contributed by atoms with Crippen molar-refractivity contribution >= 4 is 18.7 Å². The number of thiol groups is 1. The lowest BCUT2D eigenvalue weighted by Gasteiger charge is -1.92. The standard InChI is InChI=1S/C10H10N2S/c11-8-10-7-9(4-5-12-10)3-1-2-6-13/h1,3-5,7,13H,2,6H2. The Bertz CT molecular complexity index is 339. The van der Waals surface area contributed by atoms with Crippen molar-refractivity contribution in [2.45, 2.75) is 6.42 Å². The van der Waals surface area contributed by atoms with Gasteiger partial charge >= 0.3 is 0 Å². The molecule has 0 aromatic carbocycles. The second kappa shape index (κ2) is 5.39. The lowest BCUT2D eigenvalue weighted by molar-refractivity contribution is 1.25. The molecule has 0 radical (unpaired) electrons. The average Bonchev–Trinajstić information content (AvgIpc) is 2.19. The second-order valence-electron chi connectivity index (χ2n) is 2.50. The van der Waals surface area contributed by atoms with Crippen LogP contribution in [0.2, 0.25) is 0 Å². The molecule has 66 valence electrons. The van der Waals surface area contributed by atoms with Gasteiger partial charge in [-0.2, -0.15) is 17.9 Å². The van der Waals surface area contributed by atoms with Gasteiger partial charge in [0.05, 0.1) is 0 Å². The minimum atomic E-state index is 0.452. The third-order valence-electron chi connectivity index (χ3n) is 1.50. The molecule has 0 atom stereocenters. The summed E-state index contributed by atoms with van der Waals surface area (Å²) in [6, 6.07) is 5.63. The first-order chi connectivity index (χ1) is 6.36. The normalized spacial score (nSPS) is 10.2. The lowest BCUT2D eigenvalue weighted by Crippen LogP contribution is -1.81. The summed E-state index contributed by atoms with van der Waals surface area (Å²) in [5, 5.41) is 8.58. The lowest BCUT2D eigenvalue weighted by atomic mass is 10.2. The van der Waals surface area contributed by atoms with Crippen LogP contribution in [0.25, 0.3) is 6.08 Å². The van der Waals surface area contributed by atoms with Crippen molar-refractivity contribution in [2.75, 3.05) is 5.75 Å². The Morgan fingerprint density at radius 2 is 2.46 bits per heavy atom. The highest BCUT2D eigenvalue weighted by Gasteiger charge is 1.91. The molecule has 3 heteroatoms. The van der Waals surface area contributed by atoms with Gasteiger partial charge in [-0.25, -0.2) is 4.98 Å². The summed E-state index contributed by atoms with van der Waals surface area (Å²) in [5.74, 6) is 0.840. The fraction of sp³-hybridized carbons (Fsp3) is 0.200.